The summed E-state index contributed by atoms with van der Waals surface area (Å²) in [7, 11) is 0. The van der Waals surface area contributed by atoms with Gasteiger partial charge in [0.15, 0.2) is 0 Å². The van der Waals surface area contributed by atoms with Crippen LogP contribution in [0.5, 0.6) is 0 Å². The van der Waals surface area contributed by atoms with Crippen molar-refractivity contribution >= 4 is 29.2 Å². The number of carbonyl (C=O) groups excluding carboxylic acids is 3. The Hall–Kier alpha value is -4.17. The lowest BCUT2D eigenvalue weighted by Crippen LogP contribution is -2.32. The molecule has 32 heavy (non-hydrogen) atoms. The normalized spacial score (nSPS) is 15.4. The minimum Gasteiger partial charge on any atom is -0.325 e. The number of imide groups is 1. The molecule has 4 amide bonds. The lowest BCUT2D eigenvalue weighted by Gasteiger charge is -2.14. The van der Waals surface area contributed by atoms with E-state index in [1.165, 1.54) is 4.90 Å². The summed E-state index contributed by atoms with van der Waals surface area (Å²) in [4.78, 5) is 38.7. The summed E-state index contributed by atoms with van der Waals surface area (Å²) in [5.41, 5.74) is 6.18. The summed E-state index contributed by atoms with van der Waals surface area (Å²) in [6.45, 7) is 0.137. The Bertz CT molecular complexity index is 1110. The fraction of sp³-hybridized carbons (Fsp3) is 0.125. The van der Waals surface area contributed by atoms with Crippen molar-refractivity contribution < 1.29 is 14.4 Å². The van der Waals surface area contributed by atoms with E-state index in [0.29, 0.717) is 17.7 Å². The van der Waals surface area contributed by atoms with Crippen LogP contribution in [0.2, 0.25) is 0 Å². The van der Waals surface area contributed by atoms with Crippen molar-refractivity contribution in [1.82, 2.24) is 10.2 Å². The number of carbonyl (C=O) groups is 3. The Morgan fingerprint density at radius 3 is 2.19 bits per heavy atom. The van der Waals surface area contributed by atoms with Gasteiger partial charge in [0.1, 0.15) is 6.04 Å². The Balaban J connectivity index is 1.37. The minimum absolute atomic E-state index is 0.137. The first-order chi connectivity index (χ1) is 15.5. The van der Waals surface area contributed by atoms with Crippen LogP contribution in [0.4, 0.5) is 16.2 Å². The van der Waals surface area contributed by atoms with E-state index < -0.39 is 12.1 Å². The summed E-state index contributed by atoms with van der Waals surface area (Å²) in [5, 5.41) is 5.56. The van der Waals surface area contributed by atoms with Crippen molar-refractivity contribution in [2.24, 2.45) is 5.84 Å². The molecule has 0 saturated carbocycles. The van der Waals surface area contributed by atoms with Gasteiger partial charge in [0.25, 0.3) is 11.8 Å². The highest BCUT2D eigenvalue weighted by molar-refractivity contribution is 6.05. The maximum atomic E-state index is 12.8. The van der Waals surface area contributed by atoms with Gasteiger partial charge in [-0.25, -0.2) is 4.79 Å². The molecule has 5 N–H and O–H groups in total. The van der Waals surface area contributed by atoms with Crippen molar-refractivity contribution in [3.8, 4) is 0 Å². The fourth-order valence-electron chi connectivity index (χ4n) is 3.51. The molecular weight excluding hydrogens is 406 g/mol. The smallest absolute Gasteiger partial charge is 0.325 e. The topological polar surface area (TPSA) is 117 Å². The summed E-state index contributed by atoms with van der Waals surface area (Å²) in [6, 6.07) is 22.3. The number of anilines is 2. The highest BCUT2D eigenvalue weighted by Crippen LogP contribution is 2.18. The molecule has 1 aliphatic rings. The Morgan fingerprint density at radius 1 is 0.875 bits per heavy atom. The molecule has 162 valence electrons. The number of rotatable bonds is 7. The zero-order chi connectivity index (χ0) is 22.5. The van der Waals surface area contributed by atoms with Crippen molar-refractivity contribution in [2.75, 3.05) is 10.7 Å². The molecule has 4 rings (SSSR count). The Morgan fingerprint density at radius 2 is 1.53 bits per heavy atom. The van der Waals surface area contributed by atoms with Crippen LogP contribution in [0.1, 0.15) is 21.5 Å². The number of hydrazine groups is 1. The summed E-state index contributed by atoms with van der Waals surface area (Å²) < 4.78 is 0. The maximum Gasteiger partial charge on any atom is 0.325 e. The molecule has 1 fully saturated rings. The number of nitrogens with two attached hydrogens (primary N) is 1. The molecule has 0 aliphatic carbocycles. The zero-order valence-electron chi connectivity index (χ0n) is 17.2. The molecular formula is C24H23N5O3. The van der Waals surface area contributed by atoms with E-state index in [1.807, 2.05) is 54.6 Å². The minimum atomic E-state index is -0.616. The molecule has 8 heteroatoms. The maximum absolute atomic E-state index is 12.8. The number of para-hydroxylation sites is 1. The quantitative estimate of drug-likeness (QED) is 0.262. The van der Waals surface area contributed by atoms with Crippen LogP contribution in [-0.2, 0) is 17.8 Å². The number of nitrogens with zero attached hydrogens (tertiary/aromatic N) is 1. The van der Waals surface area contributed by atoms with Crippen LogP contribution in [0.25, 0.3) is 0 Å². The lowest BCUT2D eigenvalue weighted by atomic mass is 10.1. The summed E-state index contributed by atoms with van der Waals surface area (Å²) in [6.07, 6.45) is 0.393. The highest BCUT2D eigenvalue weighted by Gasteiger charge is 2.37. The van der Waals surface area contributed by atoms with E-state index in [2.05, 4.69) is 16.1 Å². The second-order valence-electron chi connectivity index (χ2n) is 7.49. The number of nitrogens with one attached hydrogen (secondary N) is 3. The van der Waals surface area contributed by atoms with Crippen molar-refractivity contribution in [2.45, 2.75) is 19.0 Å². The van der Waals surface area contributed by atoms with Gasteiger partial charge < -0.3 is 16.1 Å². The standard InChI is InChI=1S/C24H23N5O3/c25-28-20-12-8-16(9-13-20)14-21-23(31)29(24(32)27-21)15-17-6-10-18(11-7-17)22(30)26-19-4-2-1-3-5-19/h1-13,21,28H,14-15,25H2,(H,26,30)(H,27,32). The van der Waals surface area contributed by atoms with Gasteiger partial charge in [-0.05, 0) is 47.5 Å². The van der Waals surface area contributed by atoms with E-state index in [9.17, 15) is 14.4 Å². The third kappa shape index (κ3) is 4.76. The van der Waals surface area contributed by atoms with Gasteiger partial charge in [0, 0.05) is 23.4 Å². The first-order valence-corrected chi connectivity index (χ1v) is 10.2. The van der Waals surface area contributed by atoms with Crippen LogP contribution >= 0.6 is 0 Å². The van der Waals surface area contributed by atoms with Crippen molar-refractivity contribution in [1.29, 1.82) is 0 Å². The fourth-order valence-corrected chi connectivity index (χ4v) is 3.51. The van der Waals surface area contributed by atoms with Crippen molar-refractivity contribution in [3.05, 3.63) is 95.6 Å². The molecule has 1 atom stereocenters. The average Bonchev–Trinajstić information content (AvgIpc) is 3.08. The number of hydrogen-bond acceptors (Lipinski definition) is 5. The predicted octanol–water partition coefficient (Wildman–Crippen LogP) is 2.89. The Labute approximate surface area is 185 Å². The van der Waals surface area contributed by atoms with Crippen LogP contribution in [0.3, 0.4) is 0 Å². The average molecular weight is 429 g/mol. The molecule has 3 aromatic carbocycles. The van der Waals surface area contributed by atoms with Gasteiger partial charge in [0.2, 0.25) is 0 Å². The van der Waals surface area contributed by atoms with E-state index in [-0.39, 0.29) is 18.4 Å². The van der Waals surface area contributed by atoms with E-state index in [1.54, 1.807) is 24.3 Å². The first-order valence-electron chi connectivity index (χ1n) is 10.2. The monoisotopic (exact) mass is 429 g/mol. The molecule has 3 aromatic rings. The molecule has 0 aromatic heterocycles. The van der Waals surface area contributed by atoms with Crippen LogP contribution < -0.4 is 21.9 Å². The number of benzene rings is 3. The van der Waals surface area contributed by atoms with Gasteiger partial charge in [-0.2, -0.15) is 0 Å². The second kappa shape index (κ2) is 9.32. The van der Waals surface area contributed by atoms with Gasteiger partial charge in [-0.1, -0.05) is 42.5 Å². The number of hydrogen-bond donors (Lipinski definition) is 4. The van der Waals surface area contributed by atoms with Crippen LogP contribution in [0, 0.1) is 0 Å². The highest BCUT2D eigenvalue weighted by atomic mass is 16.2. The molecule has 8 nitrogen and oxygen atoms in total. The van der Waals surface area contributed by atoms with E-state index in [0.717, 1.165) is 16.8 Å². The zero-order valence-corrected chi connectivity index (χ0v) is 17.2. The van der Waals surface area contributed by atoms with Gasteiger partial charge in [0.05, 0.1) is 6.54 Å². The van der Waals surface area contributed by atoms with Gasteiger partial charge in [-0.3, -0.25) is 20.3 Å². The molecule has 1 saturated heterocycles. The van der Waals surface area contributed by atoms with E-state index in [4.69, 9.17) is 5.84 Å². The Kier molecular flexibility index (Phi) is 6.14. The molecule has 1 heterocycles. The molecule has 0 bridgehead atoms. The first kappa shape index (κ1) is 21.1. The summed E-state index contributed by atoms with van der Waals surface area (Å²) >= 11 is 0. The number of urea groups is 1. The largest absolute Gasteiger partial charge is 0.325 e. The second-order valence-corrected chi connectivity index (χ2v) is 7.49. The SMILES string of the molecule is NNc1ccc(CC2NC(=O)N(Cc3ccc(C(=O)Nc4ccccc4)cc3)C2=O)cc1. The van der Waals surface area contributed by atoms with Gasteiger partial charge in [-0.15, -0.1) is 0 Å². The predicted molar refractivity (Wildman–Crippen MR) is 122 cm³/mol. The van der Waals surface area contributed by atoms with Crippen molar-refractivity contribution in [3.63, 3.8) is 0 Å². The van der Waals surface area contributed by atoms with Crippen LogP contribution in [0.15, 0.2) is 78.9 Å². The molecule has 1 unspecified atom stereocenters. The van der Waals surface area contributed by atoms with E-state index >= 15 is 0 Å². The number of amides is 4. The van der Waals surface area contributed by atoms with Crippen LogP contribution in [-0.4, -0.2) is 28.8 Å². The summed E-state index contributed by atoms with van der Waals surface area (Å²) in [5.74, 6) is 4.86. The number of nitrogen functional groups attached to an aromatic ring is 1. The lowest BCUT2D eigenvalue weighted by molar-refractivity contribution is -0.127. The third-order valence-electron chi connectivity index (χ3n) is 5.26. The van der Waals surface area contributed by atoms with Gasteiger partial charge >= 0.3 is 6.03 Å². The third-order valence-corrected chi connectivity index (χ3v) is 5.26. The molecule has 0 spiro atoms. The molecule has 0 radical (unpaired) electrons. The molecule has 1 aliphatic heterocycles.